The maximum absolute atomic E-state index is 11.4. The molecule has 1 saturated heterocycles. The number of hydrogen-bond acceptors (Lipinski definition) is 4. The van der Waals surface area contributed by atoms with E-state index in [1.807, 2.05) is 0 Å². The van der Waals surface area contributed by atoms with Gasteiger partial charge in [-0.15, -0.1) is 11.8 Å². The normalized spacial score (nSPS) is 24.5. The number of carboxylic acid groups (broad SMARTS) is 1. The van der Waals surface area contributed by atoms with Gasteiger partial charge in [-0.1, -0.05) is 0 Å². The van der Waals surface area contributed by atoms with Crippen LogP contribution in [0.15, 0.2) is 0 Å². The number of thiol groups is 1. The van der Waals surface area contributed by atoms with Crippen molar-refractivity contribution in [3.05, 3.63) is 0 Å². The van der Waals surface area contributed by atoms with Crippen LogP contribution in [0.4, 0.5) is 0 Å². The van der Waals surface area contributed by atoms with Gasteiger partial charge in [0, 0.05) is 5.75 Å². The zero-order chi connectivity index (χ0) is 10.0. The maximum atomic E-state index is 11.4. The van der Waals surface area contributed by atoms with Gasteiger partial charge < -0.3 is 10.0 Å². The van der Waals surface area contributed by atoms with E-state index in [1.165, 1.54) is 16.7 Å². The molecule has 0 aromatic rings. The molecule has 1 fully saturated rings. The Bertz CT molecular complexity index is 232. The number of carboxylic acids is 1. The Hall–Kier alpha value is -0.360. The number of nitrogens with zero attached hydrogens (tertiary/aromatic N) is 1. The molecular formula is C7H11NO3S2. The molecule has 1 amide bonds. The summed E-state index contributed by atoms with van der Waals surface area (Å²) in [6.07, 6.45) is 0. The Morgan fingerprint density at radius 1 is 1.69 bits per heavy atom. The van der Waals surface area contributed by atoms with E-state index in [1.54, 1.807) is 6.92 Å². The fourth-order valence-corrected chi connectivity index (χ4v) is 2.41. The van der Waals surface area contributed by atoms with Crippen LogP contribution in [0.3, 0.4) is 0 Å². The van der Waals surface area contributed by atoms with Gasteiger partial charge in [0.15, 0.2) is 0 Å². The summed E-state index contributed by atoms with van der Waals surface area (Å²) in [5.41, 5.74) is 0. The number of aliphatic carboxylic acids is 1. The van der Waals surface area contributed by atoms with Gasteiger partial charge in [-0.05, 0) is 6.92 Å². The minimum absolute atomic E-state index is 0.208. The first kappa shape index (κ1) is 10.7. The van der Waals surface area contributed by atoms with Crippen molar-refractivity contribution in [3.8, 4) is 0 Å². The lowest BCUT2D eigenvalue weighted by molar-refractivity contribution is -0.147. The molecule has 13 heavy (non-hydrogen) atoms. The molecular weight excluding hydrogens is 210 g/mol. The molecule has 1 unspecified atom stereocenters. The first-order valence-electron chi connectivity index (χ1n) is 3.83. The summed E-state index contributed by atoms with van der Waals surface area (Å²) in [7, 11) is 0. The van der Waals surface area contributed by atoms with Gasteiger partial charge in [-0.3, -0.25) is 4.79 Å². The van der Waals surface area contributed by atoms with Crippen LogP contribution < -0.4 is 0 Å². The number of rotatable bonds is 2. The number of amides is 1. The zero-order valence-corrected chi connectivity index (χ0v) is 8.85. The molecule has 0 radical (unpaired) electrons. The minimum Gasteiger partial charge on any atom is -0.480 e. The molecule has 0 saturated carbocycles. The van der Waals surface area contributed by atoms with E-state index < -0.39 is 17.3 Å². The van der Waals surface area contributed by atoms with E-state index in [2.05, 4.69) is 12.6 Å². The molecule has 6 heteroatoms. The molecule has 0 aliphatic carbocycles. The Labute approximate surface area is 86.1 Å². The fourth-order valence-electron chi connectivity index (χ4n) is 1.10. The highest BCUT2D eigenvalue weighted by Gasteiger charge is 2.35. The Balaban J connectivity index is 2.68. The molecule has 1 aliphatic rings. The van der Waals surface area contributed by atoms with Crippen LogP contribution in [-0.4, -0.2) is 44.8 Å². The second-order valence-corrected chi connectivity index (χ2v) is 4.61. The molecule has 1 heterocycles. The van der Waals surface area contributed by atoms with Crippen molar-refractivity contribution in [3.63, 3.8) is 0 Å². The average molecular weight is 221 g/mol. The van der Waals surface area contributed by atoms with Crippen molar-refractivity contribution in [2.24, 2.45) is 0 Å². The molecule has 1 N–H and O–H groups in total. The third kappa shape index (κ3) is 2.31. The van der Waals surface area contributed by atoms with Gasteiger partial charge in [0.05, 0.1) is 11.1 Å². The van der Waals surface area contributed by atoms with Crippen LogP contribution in [0, 0.1) is 0 Å². The van der Waals surface area contributed by atoms with E-state index in [-0.39, 0.29) is 5.91 Å². The van der Waals surface area contributed by atoms with Crippen molar-refractivity contribution < 1.29 is 14.7 Å². The van der Waals surface area contributed by atoms with Crippen LogP contribution in [0.2, 0.25) is 0 Å². The highest BCUT2D eigenvalue weighted by atomic mass is 32.2. The Morgan fingerprint density at radius 3 is 2.77 bits per heavy atom. The molecule has 0 aromatic carbocycles. The Kier molecular flexibility index (Phi) is 3.49. The molecule has 0 aromatic heterocycles. The summed E-state index contributed by atoms with van der Waals surface area (Å²) in [5, 5.41) is 8.35. The number of thioether (sulfide) groups is 1. The summed E-state index contributed by atoms with van der Waals surface area (Å²) in [6, 6.07) is -0.674. The molecule has 4 nitrogen and oxygen atoms in total. The topological polar surface area (TPSA) is 57.6 Å². The van der Waals surface area contributed by atoms with E-state index in [0.717, 1.165) is 0 Å². The predicted octanol–water partition coefficient (Wildman–Crippen LogP) is 0.291. The fraction of sp³-hybridized carbons (Fsp3) is 0.714. The lowest BCUT2D eigenvalue weighted by atomic mass is 10.3. The van der Waals surface area contributed by atoms with Gasteiger partial charge in [-0.2, -0.15) is 12.6 Å². The summed E-state index contributed by atoms with van der Waals surface area (Å²) < 4.78 is 0. The Morgan fingerprint density at radius 2 is 2.31 bits per heavy atom. The molecule has 1 aliphatic heterocycles. The van der Waals surface area contributed by atoms with E-state index >= 15 is 0 Å². The largest absolute Gasteiger partial charge is 0.480 e. The van der Waals surface area contributed by atoms with Gasteiger partial charge >= 0.3 is 5.97 Å². The number of carbonyl (C=O) groups excluding carboxylic acids is 1. The van der Waals surface area contributed by atoms with Crippen molar-refractivity contribution >= 4 is 36.3 Å². The van der Waals surface area contributed by atoms with Crippen LogP contribution in [0.25, 0.3) is 0 Å². The smallest absolute Gasteiger partial charge is 0.327 e. The first-order valence-corrected chi connectivity index (χ1v) is 5.50. The van der Waals surface area contributed by atoms with Gasteiger partial charge in [0.25, 0.3) is 0 Å². The van der Waals surface area contributed by atoms with E-state index in [4.69, 9.17) is 5.11 Å². The van der Waals surface area contributed by atoms with Crippen molar-refractivity contribution in [1.29, 1.82) is 0 Å². The SMILES string of the molecule is CC(S)C(=O)N1CSC[C@H]1C(=O)O. The maximum Gasteiger partial charge on any atom is 0.327 e. The monoisotopic (exact) mass is 221 g/mol. The summed E-state index contributed by atoms with van der Waals surface area (Å²) in [5.74, 6) is -0.212. The van der Waals surface area contributed by atoms with Crippen LogP contribution in [-0.2, 0) is 9.59 Å². The van der Waals surface area contributed by atoms with Crippen LogP contribution in [0.1, 0.15) is 6.92 Å². The van der Waals surface area contributed by atoms with Crippen LogP contribution in [0.5, 0.6) is 0 Å². The third-order valence-electron chi connectivity index (χ3n) is 1.81. The molecule has 0 bridgehead atoms. The lowest BCUT2D eigenvalue weighted by Gasteiger charge is -2.21. The third-order valence-corrected chi connectivity index (χ3v) is 3.04. The first-order chi connectivity index (χ1) is 6.04. The minimum atomic E-state index is -0.938. The lowest BCUT2D eigenvalue weighted by Crippen LogP contribution is -2.44. The van der Waals surface area contributed by atoms with Crippen molar-refractivity contribution in [2.75, 3.05) is 11.6 Å². The second kappa shape index (κ2) is 4.23. The van der Waals surface area contributed by atoms with E-state index in [0.29, 0.717) is 11.6 Å². The highest BCUT2D eigenvalue weighted by molar-refractivity contribution is 7.99. The highest BCUT2D eigenvalue weighted by Crippen LogP contribution is 2.22. The summed E-state index contributed by atoms with van der Waals surface area (Å²) in [4.78, 5) is 23.5. The second-order valence-electron chi connectivity index (χ2n) is 2.84. The molecule has 74 valence electrons. The zero-order valence-electron chi connectivity index (χ0n) is 7.14. The standard InChI is InChI=1S/C7H11NO3S2/c1-4(12)6(9)8-3-13-2-5(8)7(10)11/h4-5,12H,2-3H2,1H3,(H,10,11)/t4?,5-/m0/s1. The number of hydrogen-bond donors (Lipinski definition) is 2. The predicted molar refractivity (Wildman–Crippen MR) is 54.0 cm³/mol. The molecule has 2 atom stereocenters. The van der Waals surface area contributed by atoms with Crippen molar-refractivity contribution in [2.45, 2.75) is 18.2 Å². The van der Waals surface area contributed by atoms with Gasteiger partial charge in [0.2, 0.25) is 5.91 Å². The summed E-state index contributed by atoms with van der Waals surface area (Å²) >= 11 is 5.44. The van der Waals surface area contributed by atoms with Crippen LogP contribution >= 0.6 is 24.4 Å². The molecule has 0 spiro atoms. The summed E-state index contributed by atoms with van der Waals surface area (Å²) in [6.45, 7) is 1.65. The van der Waals surface area contributed by atoms with E-state index in [9.17, 15) is 9.59 Å². The van der Waals surface area contributed by atoms with Gasteiger partial charge in [0.1, 0.15) is 6.04 Å². The van der Waals surface area contributed by atoms with Crippen molar-refractivity contribution in [1.82, 2.24) is 4.90 Å². The van der Waals surface area contributed by atoms with Gasteiger partial charge in [-0.25, -0.2) is 4.79 Å². The molecule has 1 rings (SSSR count). The average Bonchev–Trinajstić information content (AvgIpc) is 2.50. The number of carbonyl (C=O) groups is 2. The quantitative estimate of drug-likeness (QED) is 0.658.